The smallest absolute Gasteiger partial charge is 0.246 e. The zero-order chi connectivity index (χ0) is 70.0. The van der Waals surface area contributed by atoms with E-state index in [1.165, 1.54) is 90.6 Å². The number of nitrogens with zero attached hydrogens (tertiary/aromatic N) is 8. The van der Waals surface area contributed by atoms with Gasteiger partial charge in [-0.3, -0.25) is 52.7 Å². The van der Waals surface area contributed by atoms with Gasteiger partial charge in [-0.1, -0.05) is 104 Å². The lowest BCUT2D eigenvalue weighted by Gasteiger charge is -2.42. The molecule has 2 saturated heterocycles. The van der Waals surface area contributed by atoms with Gasteiger partial charge in [-0.05, 0) is 107 Å². The quantitative estimate of drug-likeness (QED) is 0.178. The second-order valence-corrected chi connectivity index (χ2v) is 29.2. The summed E-state index contributed by atoms with van der Waals surface area (Å²) < 4.78 is 5.68. The van der Waals surface area contributed by atoms with Crippen LogP contribution in [0.25, 0.3) is 0 Å². The Kier molecular flexibility index (Phi) is 33.7. The van der Waals surface area contributed by atoms with Crippen LogP contribution < -0.4 is 5.32 Å². The van der Waals surface area contributed by atoms with E-state index in [1.807, 2.05) is 76.2 Å². The summed E-state index contributed by atoms with van der Waals surface area (Å²) >= 11 is 0. The number of nitrogens with one attached hydrogen (secondary N) is 1. The number of Topliss-reactive ketones (excluding diaryl/α,β-unsaturated/α-hetero) is 3. The van der Waals surface area contributed by atoms with Gasteiger partial charge >= 0.3 is 0 Å². The summed E-state index contributed by atoms with van der Waals surface area (Å²) in [5.41, 5.74) is 0. The molecule has 22 nitrogen and oxygen atoms in total. The van der Waals surface area contributed by atoms with Gasteiger partial charge in [-0.15, -0.1) is 0 Å². The van der Waals surface area contributed by atoms with Crippen molar-refractivity contribution in [3.63, 3.8) is 0 Å². The number of hydrogen-bond acceptors (Lipinski definition) is 14. The Labute approximate surface area is 547 Å². The molecule has 2 aliphatic rings. The summed E-state index contributed by atoms with van der Waals surface area (Å²) in [5.74, 6) is -10.8. The molecule has 0 aromatic heterocycles. The molecular weight excluding hydrogens is 1160 g/mol. The molecular formula is C69H123N9O13. The zero-order valence-electron chi connectivity index (χ0n) is 60.5. The van der Waals surface area contributed by atoms with Crippen molar-refractivity contribution in [2.24, 2.45) is 59.2 Å². The predicted molar refractivity (Wildman–Crippen MR) is 354 cm³/mol. The molecule has 2 fully saturated rings. The van der Waals surface area contributed by atoms with Gasteiger partial charge in [0.1, 0.15) is 36.3 Å². The van der Waals surface area contributed by atoms with E-state index in [0.29, 0.717) is 32.7 Å². The predicted octanol–water partition coefficient (Wildman–Crippen LogP) is 6.08. The van der Waals surface area contributed by atoms with Crippen molar-refractivity contribution < 1.29 is 62.6 Å². The number of aliphatic hydroxyl groups is 1. The summed E-state index contributed by atoms with van der Waals surface area (Å²) in [5, 5.41) is 15.3. The first kappa shape index (κ1) is 81.7. The number of aliphatic hydroxyl groups excluding tert-OH is 1. The molecule has 22 heteroatoms. The lowest BCUT2D eigenvalue weighted by molar-refractivity contribution is -0.157. The highest BCUT2D eigenvalue weighted by Crippen LogP contribution is 2.30. The second kappa shape index (κ2) is 37.5. The standard InChI is InChI=1S/C69H123N9O13/c1-25-50-38-58(81)60(61(82)46(14)27-29-78-28-26-31-91-32-30-78)77(24)69(90)59(45(12)13)76(23)68(89)55(36-43(8)9)75(22)67(88)54(35-42(6)7)74(21)63(84)48(16)70-62(83)47(15)37-56(79)52(33-40(2)3)73(20)66(87)51(44(10)11)39-57(80)53(34-41(4)5)72(19)64(85)49(17)71(18)65(50)86/h40-55,59-61,82H,25-39H2,1-24H3,(H,70,83)/t46-,47+,48+,49-,50+,51-,52-,53+,54-,55-,59-,60+,61-/m1/s1. The molecule has 0 saturated carbocycles. The largest absolute Gasteiger partial charge is 0.390 e. The second-order valence-electron chi connectivity index (χ2n) is 29.2. The molecule has 2 heterocycles. The van der Waals surface area contributed by atoms with E-state index < -0.39 is 143 Å². The molecule has 0 radical (unpaired) electrons. The number of ether oxygens (including phenoxy) is 1. The molecule has 0 spiro atoms. The van der Waals surface area contributed by atoms with Crippen LogP contribution in [0.5, 0.6) is 0 Å². The summed E-state index contributed by atoms with van der Waals surface area (Å²) in [7, 11) is 10.4. The van der Waals surface area contributed by atoms with Crippen molar-refractivity contribution >= 4 is 64.6 Å². The molecule has 8 amide bonds. The van der Waals surface area contributed by atoms with E-state index in [0.717, 1.165) is 13.0 Å². The van der Waals surface area contributed by atoms with Crippen LogP contribution in [0.1, 0.15) is 182 Å². The van der Waals surface area contributed by atoms with Gasteiger partial charge in [0.25, 0.3) is 0 Å². The number of carbonyl (C=O) groups is 11. The molecule has 91 heavy (non-hydrogen) atoms. The van der Waals surface area contributed by atoms with E-state index in [9.17, 15) is 38.7 Å². The van der Waals surface area contributed by atoms with Gasteiger partial charge in [0.2, 0.25) is 47.3 Å². The molecule has 2 rings (SSSR count). The minimum atomic E-state index is -1.50. The Balaban J connectivity index is 3.00. The van der Waals surface area contributed by atoms with Crippen LogP contribution in [0, 0.1) is 59.2 Å². The summed E-state index contributed by atoms with van der Waals surface area (Å²) in [6.07, 6.45) is -0.176. The fourth-order valence-electron chi connectivity index (χ4n) is 12.8. The maximum absolute atomic E-state index is 15.4. The van der Waals surface area contributed by atoms with Crippen molar-refractivity contribution in [3.8, 4) is 0 Å². The first-order valence-electron chi connectivity index (χ1n) is 33.9. The minimum Gasteiger partial charge on any atom is -0.390 e. The van der Waals surface area contributed by atoms with Crippen LogP contribution in [-0.4, -0.2) is 246 Å². The fraction of sp³-hybridized carbons (Fsp3) is 0.841. The van der Waals surface area contributed by atoms with Crippen LogP contribution in [0.3, 0.4) is 0 Å². The molecule has 0 unspecified atom stereocenters. The number of amides is 8. The van der Waals surface area contributed by atoms with Gasteiger partial charge in [0.15, 0.2) is 17.3 Å². The van der Waals surface area contributed by atoms with Gasteiger partial charge in [-0.25, -0.2) is 0 Å². The molecule has 2 N–H and O–H groups in total. The first-order valence-corrected chi connectivity index (χ1v) is 33.9. The van der Waals surface area contributed by atoms with Gasteiger partial charge in [0, 0.05) is 106 Å². The lowest BCUT2D eigenvalue weighted by atomic mass is 9.84. The van der Waals surface area contributed by atoms with Gasteiger partial charge in [0.05, 0.1) is 24.8 Å². The Morgan fingerprint density at radius 3 is 1.41 bits per heavy atom. The molecule has 2 aliphatic heterocycles. The Morgan fingerprint density at radius 2 is 0.923 bits per heavy atom. The normalized spacial score (nSPS) is 28.3. The van der Waals surface area contributed by atoms with E-state index in [-0.39, 0.29) is 86.1 Å². The average molecular weight is 1290 g/mol. The number of carbonyl (C=O) groups excluding carboxylic acids is 11. The summed E-state index contributed by atoms with van der Waals surface area (Å²) in [4.78, 5) is 174. The topological polar surface area (TPSA) is 255 Å². The number of rotatable bonds is 16. The summed E-state index contributed by atoms with van der Waals surface area (Å²) in [6, 6.07) is -9.30. The van der Waals surface area contributed by atoms with Crippen molar-refractivity contribution in [1.29, 1.82) is 0 Å². The lowest BCUT2D eigenvalue weighted by Crippen LogP contribution is -2.62. The van der Waals surface area contributed by atoms with E-state index >= 15 is 19.2 Å². The van der Waals surface area contributed by atoms with Crippen molar-refractivity contribution in [2.45, 2.75) is 236 Å². The monoisotopic (exact) mass is 1290 g/mol. The molecule has 0 aliphatic carbocycles. The molecule has 0 aromatic rings. The van der Waals surface area contributed by atoms with E-state index in [4.69, 9.17) is 4.74 Å². The highest BCUT2D eigenvalue weighted by Gasteiger charge is 2.46. The Morgan fingerprint density at radius 1 is 0.473 bits per heavy atom. The Hall–Kier alpha value is -5.35. The third-order valence-electron chi connectivity index (χ3n) is 19.0. The molecule has 0 bridgehead atoms. The van der Waals surface area contributed by atoms with Gasteiger partial charge in [-0.2, -0.15) is 0 Å². The van der Waals surface area contributed by atoms with Crippen LogP contribution in [0.15, 0.2) is 0 Å². The maximum Gasteiger partial charge on any atom is 0.246 e. The number of likely N-dealkylation sites (N-methyl/N-ethyl adjacent to an activating group) is 7. The SMILES string of the molecule is CC[C@H]1CC(=O)[C@@H]([C@H](O)[C@H](C)CCN2CCCOCC2)N(C)C(=O)[C@@H](C(C)C)N(C)C(=O)[C@@H](CC(C)C)N(C)C(=O)[C@@H](CC(C)C)N(C)C(=O)[C@H](C)NC(=O)[C@@H](C)CC(=O)[C@@H](CC(C)C)N(C)C(=O)[C@@H](C(C)C)CC(=O)[C@H](CC(C)C)N(C)C(=O)[C@@H](C)N(C)C1=O. The highest BCUT2D eigenvalue weighted by atomic mass is 16.5. The number of hydrogen-bond donors (Lipinski definition) is 2. The van der Waals surface area contributed by atoms with Crippen LogP contribution >= 0.6 is 0 Å². The van der Waals surface area contributed by atoms with E-state index in [1.54, 1.807) is 34.6 Å². The van der Waals surface area contributed by atoms with Crippen molar-refractivity contribution in [1.82, 2.24) is 44.5 Å². The molecule has 13 atom stereocenters. The van der Waals surface area contributed by atoms with Crippen LogP contribution in [-0.2, 0) is 57.5 Å². The summed E-state index contributed by atoms with van der Waals surface area (Å²) in [6.45, 7) is 33.7. The Bertz CT molecular complexity index is 2440. The molecule has 522 valence electrons. The molecule has 0 aromatic carbocycles. The first-order chi connectivity index (χ1) is 42.2. The third-order valence-corrected chi connectivity index (χ3v) is 19.0. The van der Waals surface area contributed by atoms with Gasteiger partial charge < -0.3 is 54.4 Å². The zero-order valence-corrected chi connectivity index (χ0v) is 60.5. The highest BCUT2D eigenvalue weighted by molar-refractivity contribution is 6.00. The maximum atomic E-state index is 15.4. The van der Waals surface area contributed by atoms with Crippen LogP contribution in [0.4, 0.5) is 0 Å². The number of ketones is 3. The average Bonchev–Trinajstić information content (AvgIpc) is 1.03. The minimum absolute atomic E-state index is 0.0700. The van der Waals surface area contributed by atoms with Crippen LogP contribution in [0.2, 0.25) is 0 Å². The fourth-order valence-corrected chi connectivity index (χ4v) is 12.8. The third kappa shape index (κ3) is 23.0. The van der Waals surface area contributed by atoms with E-state index in [2.05, 4.69) is 10.2 Å². The van der Waals surface area contributed by atoms with Crippen molar-refractivity contribution in [2.75, 3.05) is 82.2 Å². The van der Waals surface area contributed by atoms with Crippen molar-refractivity contribution in [3.05, 3.63) is 0 Å².